The zero-order valence-electron chi connectivity index (χ0n) is 12.5. The average molecular weight is 276 g/mol. The molecular weight excluding hydrogens is 252 g/mol. The van der Waals surface area contributed by atoms with Gasteiger partial charge < -0.3 is 10.1 Å². The standard InChI is InChI=1S/C16H24N2O2/c1-4-11-18(12-5-2)16(19)15(13(3)17-20)14-9-7-6-8-10-14/h6-10,15,20H,4-5,11-12H2,1-3H3/b17-13+/t15-/m1/s1. The van der Waals surface area contributed by atoms with Gasteiger partial charge in [0.2, 0.25) is 5.91 Å². The summed E-state index contributed by atoms with van der Waals surface area (Å²) in [6.45, 7) is 7.26. The molecule has 1 aromatic carbocycles. The van der Waals surface area contributed by atoms with Crippen LogP contribution in [0.1, 0.15) is 45.1 Å². The maximum Gasteiger partial charge on any atom is 0.235 e. The minimum atomic E-state index is -0.501. The van der Waals surface area contributed by atoms with E-state index < -0.39 is 5.92 Å². The number of nitrogens with zero attached hydrogens (tertiary/aromatic N) is 2. The van der Waals surface area contributed by atoms with Gasteiger partial charge in [0.1, 0.15) is 5.92 Å². The molecule has 20 heavy (non-hydrogen) atoms. The number of amides is 1. The Hall–Kier alpha value is -1.84. The van der Waals surface area contributed by atoms with Crippen LogP contribution in [0.25, 0.3) is 0 Å². The molecule has 110 valence electrons. The summed E-state index contributed by atoms with van der Waals surface area (Å²) in [6, 6.07) is 9.49. The van der Waals surface area contributed by atoms with Crippen LogP contribution in [0.2, 0.25) is 0 Å². The molecule has 4 nitrogen and oxygen atoms in total. The zero-order valence-corrected chi connectivity index (χ0v) is 12.5. The quantitative estimate of drug-likeness (QED) is 0.472. The molecule has 0 aromatic heterocycles. The molecule has 0 aliphatic rings. The van der Waals surface area contributed by atoms with Crippen LogP contribution in [0.3, 0.4) is 0 Å². The second kappa shape index (κ2) is 8.35. The Morgan fingerprint density at radius 1 is 1.20 bits per heavy atom. The van der Waals surface area contributed by atoms with E-state index in [1.807, 2.05) is 35.2 Å². The van der Waals surface area contributed by atoms with Crippen LogP contribution in [0.4, 0.5) is 0 Å². The van der Waals surface area contributed by atoms with Gasteiger partial charge in [0.25, 0.3) is 0 Å². The molecule has 0 bridgehead atoms. The minimum absolute atomic E-state index is 0.00944. The smallest absolute Gasteiger partial charge is 0.235 e. The summed E-state index contributed by atoms with van der Waals surface area (Å²) in [5.74, 6) is -0.491. The molecule has 0 fully saturated rings. The van der Waals surface area contributed by atoms with Crippen molar-refractivity contribution in [3.05, 3.63) is 35.9 Å². The molecule has 1 N–H and O–H groups in total. The highest BCUT2D eigenvalue weighted by Crippen LogP contribution is 2.21. The summed E-state index contributed by atoms with van der Waals surface area (Å²) in [5, 5.41) is 12.3. The maximum absolute atomic E-state index is 12.8. The van der Waals surface area contributed by atoms with Gasteiger partial charge in [0, 0.05) is 13.1 Å². The molecule has 1 rings (SSSR count). The van der Waals surface area contributed by atoms with Crippen LogP contribution in [-0.2, 0) is 4.79 Å². The molecule has 0 aliphatic carbocycles. The van der Waals surface area contributed by atoms with E-state index in [0.717, 1.165) is 31.5 Å². The monoisotopic (exact) mass is 276 g/mol. The molecule has 0 saturated carbocycles. The highest BCUT2D eigenvalue weighted by Gasteiger charge is 2.28. The topological polar surface area (TPSA) is 52.9 Å². The number of hydrogen-bond acceptors (Lipinski definition) is 3. The Balaban J connectivity index is 3.07. The van der Waals surface area contributed by atoms with Crippen LogP contribution in [0.5, 0.6) is 0 Å². The average Bonchev–Trinajstić information content (AvgIpc) is 2.48. The largest absolute Gasteiger partial charge is 0.411 e. The van der Waals surface area contributed by atoms with Crippen molar-refractivity contribution in [1.29, 1.82) is 0 Å². The highest BCUT2D eigenvalue weighted by molar-refractivity contribution is 6.08. The highest BCUT2D eigenvalue weighted by atomic mass is 16.4. The van der Waals surface area contributed by atoms with Gasteiger partial charge in [-0.1, -0.05) is 49.3 Å². The molecule has 4 heteroatoms. The van der Waals surface area contributed by atoms with Crippen molar-refractivity contribution < 1.29 is 10.0 Å². The van der Waals surface area contributed by atoms with Crippen LogP contribution in [0, 0.1) is 0 Å². The molecule has 0 saturated heterocycles. The lowest BCUT2D eigenvalue weighted by atomic mass is 9.93. The summed E-state index contributed by atoms with van der Waals surface area (Å²) >= 11 is 0. The van der Waals surface area contributed by atoms with Crippen LogP contribution in [0.15, 0.2) is 35.5 Å². The van der Waals surface area contributed by atoms with Crippen molar-refractivity contribution in [3.63, 3.8) is 0 Å². The maximum atomic E-state index is 12.8. The van der Waals surface area contributed by atoms with Gasteiger partial charge >= 0.3 is 0 Å². The van der Waals surface area contributed by atoms with Gasteiger partial charge in [0.05, 0.1) is 5.71 Å². The SMILES string of the molecule is CCCN(CCC)C(=O)[C@H](/C(C)=N/O)c1ccccc1. The van der Waals surface area contributed by atoms with Gasteiger partial charge in [-0.15, -0.1) is 0 Å². The number of carbonyl (C=O) groups excluding carboxylic acids is 1. The van der Waals surface area contributed by atoms with Crippen molar-refractivity contribution in [1.82, 2.24) is 4.90 Å². The van der Waals surface area contributed by atoms with Gasteiger partial charge in [0.15, 0.2) is 0 Å². The van der Waals surface area contributed by atoms with E-state index in [-0.39, 0.29) is 5.91 Å². The van der Waals surface area contributed by atoms with E-state index in [0.29, 0.717) is 5.71 Å². The first-order valence-electron chi connectivity index (χ1n) is 7.17. The van der Waals surface area contributed by atoms with E-state index in [2.05, 4.69) is 19.0 Å². The zero-order chi connectivity index (χ0) is 15.0. The van der Waals surface area contributed by atoms with Crippen molar-refractivity contribution in [2.24, 2.45) is 5.16 Å². The van der Waals surface area contributed by atoms with E-state index in [1.165, 1.54) is 0 Å². The molecular formula is C16H24N2O2. The summed E-state index contributed by atoms with van der Waals surface area (Å²) in [4.78, 5) is 14.6. The summed E-state index contributed by atoms with van der Waals surface area (Å²) in [7, 11) is 0. The van der Waals surface area contributed by atoms with E-state index in [1.54, 1.807) is 6.92 Å². The second-order valence-electron chi connectivity index (χ2n) is 4.91. The van der Waals surface area contributed by atoms with Gasteiger partial charge in [-0.3, -0.25) is 4.79 Å². The van der Waals surface area contributed by atoms with E-state index >= 15 is 0 Å². The molecule has 1 aromatic rings. The van der Waals surface area contributed by atoms with Gasteiger partial charge in [-0.25, -0.2) is 0 Å². The summed E-state index contributed by atoms with van der Waals surface area (Å²) in [6.07, 6.45) is 1.84. The fourth-order valence-corrected chi connectivity index (χ4v) is 2.32. The predicted molar refractivity (Wildman–Crippen MR) is 81.2 cm³/mol. The number of rotatable bonds is 7. The molecule has 0 radical (unpaired) electrons. The Kier molecular flexibility index (Phi) is 6.77. The van der Waals surface area contributed by atoms with Crippen molar-refractivity contribution in [3.8, 4) is 0 Å². The first kappa shape index (κ1) is 16.2. The van der Waals surface area contributed by atoms with Crippen LogP contribution >= 0.6 is 0 Å². The minimum Gasteiger partial charge on any atom is -0.411 e. The molecule has 1 amide bonds. The first-order chi connectivity index (χ1) is 9.65. The Bertz CT molecular complexity index is 437. The van der Waals surface area contributed by atoms with Gasteiger partial charge in [-0.05, 0) is 25.3 Å². The van der Waals surface area contributed by atoms with E-state index in [9.17, 15) is 4.79 Å². The van der Waals surface area contributed by atoms with Crippen LogP contribution < -0.4 is 0 Å². The second-order valence-corrected chi connectivity index (χ2v) is 4.91. The predicted octanol–water partition coefficient (Wildman–Crippen LogP) is 3.27. The first-order valence-corrected chi connectivity index (χ1v) is 7.17. The summed E-state index contributed by atoms with van der Waals surface area (Å²) < 4.78 is 0. The van der Waals surface area contributed by atoms with Crippen LogP contribution in [-0.4, -0.2) is 34.8 Å². The molecule has 0 heterocycles. The number of oxime groups is 1. The summed E-state index contributed by atoms with van der Waals surface area (Å²) in [5.41, 5.74) is 1.29. The fraction of sp³-hybridized carbons (Fsp3) is 0.500. The lowest BCUT2D eigenvalue weighted by Gasteiger charge is -2.26. The Morgan fingerprint density at radius 2 is 1.75 bits per heavy atom. The number of benzene rings is 1. The van der Waals surface area contributed by atoms with Crippen molar-refractivity contribution in [2.75, 3.05) is 13.1 Å². The fourth-order valence-electron chi connectivity index (χ4n) is 2.32. The molecule has 1 atom stereocenters. The molecule has 0 aliphatic heterocycles. The normalized spacial score (nSPS) is 13.1. The van der Waals surface area contributed by atoms with Gasteiger partial charge in [-0.2, -0.15) is 0 Å². The van der Waals surface area contributed by atoms with E-state index in [4.69, 9.17) is 5.21 Å². The number of hydrogen-bond donors (Lipinski definition) is 1. The Morgan fingerprint density at radius 3 is 2.20 bits per heavy atom. The molecule has 0 unspecified atom stereocenters. The third-order valence-corrected chi connectivity index (χ3v) is 3.25. The lowest BCUT2D eigenvalue weighted by molar-refractivity contribution is -0.131. The number of carbonyl (C=O) groups is 1. The molecule has 0 spiro atoms. The Labute approximate surface area is 121 Å². The van der Waals surface area contributed by atoms with Crippen molar-refractivity contribution >= 4 is 11.6 Å². The lowest BCUT2D eigenvalue weighted by Crippen LogP contribution is -2.38. The third-order valence-electron chi connectivity index (χ3n) is 3.25. The third kappa shape index (κ3) is 4.08. The van der Waals surface area contributed by atoms with Crippen molar-refractivity contribution in [2.45, 2.75) is 39.5 Å².